The molecule has 1 atom stereocenters. The Labute approximate surface area is 117 Å². The summed E-state index contributed by atoms with van der Waals surface area (Å²) in [5, 5.41) is 19.8. The van der Waals surface area contributed by atoms with Gasteiger partial charge in [0.1, 0.15) is 6.04 Å². The van der Waals surface area contributed by atoms with Crippen LogP contribution in [0.4, 0.5) is 5.69 Å². The average molecular weight is 297 g/mol. The van der Waals surface area contributed by atoms with E-state index in [0.29, 0.717) is 11.1 Å². The molecule has 0 aliphatic carbocycles. The number of nitriles is 1. The minimum atomic E-state index is -4.11. The Morgan fingerprint density at radius 3 is 2.40 bits per heavy atom. The molecule has 7 nitrogen and oxygen atoms in total. The Balaban J connectivity index is 3.42. The van der Waals surface area contributed by atoms with Gasteiger partial charge in [0, 0.05) is 6.07 Å². The maximum Gasteiger partial charge on any atom is 0.289 e. The zero-order chi connectivity index (χ0) is 15.5. The minimum absolute atomic E-state index is 0.272. The van der Waals surface area contributed by atoms with E-state index in [9.17, 15) is 18.5 Å². The van der Waals surface area contributed by atoms with Crippen molar-refractivity contribution in [3.05, 3.63) is 33.4 Å². The fraction of sp³-hybridized carbons (Fsp3) is 0.417. The number of hydrogen-bond donors (Lipinski definition) is 1. The lowest BCUT2D eigenvalue weighted by Gasteiger charge is -2.12. The van der Waals surface area contributed by atoms with E-state index < -0.39 is 31.6 Å². The van der Waals surface area contributed by atoms with Crippen LogP contribution < -0.4 is 4.72 Å². The predicted molar refractivity (Wildman–Crippen MR) is 72.6 cm³/mol. The largest absolute Gasteiger partial charge is 0.289 e. The fourth-order valence-corrected chi connectivity index (χ4v) is 3.05. The number of nitro benzene ring substituents is 1. The molecule has 0 spiro atoms. The van der Waals surface area contributed by atoms with Crippen molar-refractivity contribution >= 4 is 15.7 Å². The van der Waals surface area contributed by atoms with Gasteiger partial charge in [0.2, 0.25) is 10.0 Å². The molecule has 0 radical (unpaired) electrons. The summed E-state index contributed by atoms with van der Waals surface area (Å²) in [5.41, 5.74) is 0.761. The molecule has 20 heavy (non-hydrogen) atoms. The van der Waals surface area contributed by atoms with E-state index in [1.165, 1.54) is 12.1 Å². The van der Waals surface area contributed by atoms with Gasteiger partial charge in [-0.3, -0.25) is 10.1 Å². The smallest absolute Gasteiger partial charge is 0.258 e. The van der Waals surface area contributed by atoms with Crippen molar-refractivity contribution < 1.29 is 13.3 Å². The third-order valence-electron chi connectivity index (χ3n) is 2.92. The third kappa shape index (κ3) is 3.31. The number of benzene rings is 1. The van der Waals surface area contributed by atoms with Gasteiger partial charge in [-0.05, 0) is 37.5 Å². The Kier molecular flexibility index (Phi) is 4.81. The van der Waals surface area contributed by atoms with Gasteiger partial charge in [-0.15, -0.1) is 0 Å². The van der Waals surface area contributed by atoms with Crippen LogP contribution in [0.3, 0.4) is 0 Å². The maximum atomic E-state index is 12.2. The van der Waals surface area contributed by atoms with Crippen molar-refractivity contribution in [2.75, 3.05) is 0 Å². The fourth-order valence-electron chi connectivity index (χ4n) is 1.58. The van der Waals surface area contributed by atoms with Crippen molar-refractivity contribution in [2.24, 2.45) is 0 Å². The first-order valence-corrected chi connectivity index (χ1v) is 7.38. The molecule has 0 aliphatic rings. The number of nitrogens with one attached hydrogen (secondary N) is 1. The second-order valence-electron chi connectivity index (χ2n) is 4.37. The summed E-state index contributed by atoms with van der Waals surface area (Å²) < 4.78 is 26.5. The van der Waals surface area contributed by atoms with Gasteiger partial charge in [0.25, 0.3) is 5.69 Å². The van der Waals surface area contributed by atoms with Crippen molar-refractivity contribution in [1.82, 2.24) is 4.72 Å². The molecule has 0 saturated carbocycles. The molecule has 0 aliphatic heterocycles. The van der Waals surface area contributed by atoms with Gasteiger partial charge in [-0.2, -0.15) is 9.98 Å². The summed E-state index contributed by atoms with van der Waals surface area (Å²) in [5.74, 6) is 0. The lowest BCUT2D eigenvalue weighted by molar-refractivity contribution is -0.387. The first kappa shape index (κ1) is 16.1. The first-order valence-electron chi connectivity index (χ1n) is 5.90. The summed E-state index contributed by atoms with van der Waals surface area (Å²) in [6.45, 7) is 4.97. The highest BCUT2D eigenvalue weighted by atomic mass is 32.2. The van der Waals surface area contributed by atoms with Gasteiger partial charge >= 0.3 is 0 Å². The molecule has 1 unspecified atom stereocenters. The van der Waals surface area contributed by atoms with Crippen LogP contribution in [0, 0.1) is 35.3 Å². The summed E-state index contributed by atoms with van der Waals surface area (Å²) in [4.78, 5) is 9.85. The number of hydrogen-bond acceptors (Lipinski definition) is 5. The Morgan fingerprint density at radius 2 is 1.95 bits per heavy atom. The molecular weight excluding hydrogens is 282 g/mol. The molecule has 0 aromatic heterocycles. The lowest BCUT2D eigenvalue weighted by Crippen LogP contribution is -2.33. The molecule has 1 rings (SSSR count). The van der Waals surface area contributed by atoms with Crippen LogP contribution in [-0.4, -0.2) is 19.4 Å². The van der Waals surface area contributed by atoms with Gasteiger partial charge in [0.05, 0.1) is 11.0 Å². The second-order valence-corrected chi connectivity index (χ2v) is 6.05. The van der Waals surface area contributed by atoms with Crippen molar-refractivity contribution in [2.45, 2.75) is 38.1 Å². The van der Waals surface area contributed by atoms with Crippen LogP contribution in [0.25, 0.3) is 0 Å². The molecule has 8 heteroatoms. The predicted octanol–water partition coefficient (Wildman–Crippen LogP) is 1.79. The van der Waals surface area contributed by atoms with Crippen LogP contribution in [0.2, 0.25) is 0 Å². The van der Waals surface area contributed by atoms with E-state index in [2.05, 4.69) is 4.72 Å². The van der Waals surface area contributed by atoms with E-state index in [1.807, 2.05) is 0 Å². The number of sulfonamides is 1. The molecular formula is C12H15N3O4S. The summed E-state index contributed by atoms with van der Waals surface area (Å²) in [7, 11) is -4.11. The monoisotopic (exact) mass is 297 g/mol. The minimum Gasteiger partial charge on any atom is -0.258 e. The zero-order valence-corrected chi connectivity index (χ0v) is 12.2. The first-order chi connectivity index (χ1) is 9.22. The van der Waals surface area contributed by atoms with Gasteiger partial charge < -0.3 is 0 Å². The molecule has 1 aromatic carbocycles. The van der Waals surface area contributed by atoms with E-state index in [-0.39, 0.29) is 6.42 Å². The molecule has 0 amide bonds. The Hall–Kier alpha value is -1.98. The standard InChI is InChI=1S/C12H15N3O4S/c1-4-10(7-13)14-20(18,19)12-6-9(3)8(2)5-11(12)15(16)17/h5-6,10,14H,4H2,1-3H3. The molecule has 108 valence electrons. The van der Waals surface area contributed by atoms with Crippen molar-refractivity contribution in [3.63, 3.8) is 0 Å². The molecule has 0 bridgehead atoms. The van der Waals surface area contributed by atoms with E-state index in [0.717, 1.165) is 0 Å². The van der Waals surface area contributed by atoms with Crippen LogP contribution in [0.15, 0.2) is 17.0 Å². The van der Waals surface area contributed by atoms with E-state index >= 15 is 0 Å². The SMILES string of the molecule is CCC(C#N)NS(=O)(=O)c1cc(C)c(C)cc1[N+](=O)[O-]. The normalized spacial score (nSPS) is 12.7. The molecule has 0 fully saturated rings. The molecule has 0 saturated heterocycles. The summed E-state index contributed by atoms with van der Waals surface area (Å²) in [6.07, 6.45) is 0.272. The zero-order valence-electron chi connectivity index (χ0n) is 11.4. The van der Waals surface area contributed by atoms with Gasteiger partial charge in [-0.1, -0.05) is 6.92 Å². The Bertz CT molecular complexity index is 677. The number of rotatable bonds is 5. The average Bonchev–Trinajstić information content (AvgIpc) is 2.38. The van der Waals surface area contributed by atoms with Crippen LogP contribution >= 0.6 is 0 Å². The highest BCUT2D eigenvalue weighted by Crippen LogP contribution is 2.27. The maximum absolute atomic E-state index is 12.2. The van der Waals surface area contributed by atoms with Gasteiger partial charge in [0.15, 0.2) is 4.90 Å². The van der Waals surface area contributed by atoms with E-state index in [1.54, 1.807) is 26.8 Å². The van der Waals surface area contributed by atoms with Crippen LogP contribution in [0.5, 0.6) is 0 Å². The topological polar surface area (TPSA) is 113 Å². The highest BCUT2D eigenvalue weighted by Gasteiger charge is 2.28. The molecule has 1 aromatic rings. The van der Waals surface area contributed by atoms with Crippen molar-refractivity contribution in [1.29, 1.82) is 5.26 Å². The Morgan fingerprint density at radius 1 is 1.40 bits per heavy atom. The van der Waals surface area contributed by atoms with Crippen molar-refractivity contribution in [3.8, 4) is 6.07 Å². The molecule has 1 N–H and O–H groups in total. The third-order valence-corrected chi connectivity index (χ3v) is 4.42. The lowest BCUT2D eigenvalue weighted by atomic mass is 10.1. The second kappa shape index (κ2) is 5.98. The quantitative estimate of drug-likeness (QED) is 0.657. The van der Waals surface area contributed by atoms with Crippen LogP contribution in [0.1, 0.15) is 24.5 Å². The number of aryl methyl sites for hydroxylation is 2. The molecule has 0 heterocycles. The van der Waals surface area contributed by atoms with Gasteiger partial charge in [-0.25, -0.2) is 8.42 Å². The van der Waals surface area contributed by atoms with E-state index in [4.69, 9.17) is 5.26 Å². The summed E-state index contributed by atoms with van der Waals surface area (Å²) >= 11 is 0. The highest BCUT2D eigenvalue weighted by molar-refractivity contribution is 7.89. The van der Waals surface area contributed by atoms with Crippen LogP contribution in [-0.2, 0) is 10.0 Å². The summed E-state index contributed by atoms with van der Waals surface area (Å²) in [6, 6.07) is 3.35. The number of nitro groups is 1. The number of nitrogens with zero attached hydrogens (tertiary/aromatic N) is 2.